The number of furan rings is 1. The van der Waals surface area contributed by atoms with E-state index in [1.54, 1.807) is 25.4 Å². The van der Waals surface area contributed by atoms with Gasteiger partial charge in [-0.15, -0.1) is 0 Å². The molecule has 0 spiro atoms. The number of nitrogens with one attached hydrogen (secondary N) is 1. The molecule has 1 atom stereocenters. The summed E-state index contributed by atoms with van der Waals surface area (Å²) in [6, 6.07) is 7.02. The SMILES string of the molecule is CNCC(O)(CF)c1ccc2ccoc2c1. The molecular formula is C12H14FNO2. The Labute approximate surface area is 92.9 Å². The summed E-state index contributed by atoms with van der Waals surface area (Å²) < 4.78 is 18.1. The minimum Gasteiger partial charge on any atom is -0.464 e. The highest BCUT2D eigenvalue weighted by molar-refractivity contribution is 5.77. The molecule has 1 unspecified atom stereocenters. The van der Waals surface area contributed by atoms with Crippen LogP contribution >= 0.6 is 0 Å². The molecule has 4 heteroatoms. The number of halogens is 1. The Morgan fingerprint density at radius 2 is 2.25 bits per heavy atom. The van der Waals surface area contributed by atoms with Gasteiger partial charge in [0.1, 0.15) is 17.9 Å². The predicted octanol–water partition coefficient (Wildman–Crippen LogP) is 1.81. The molecule has 1 heterocycles. The van der Waals surface area contributed by atoms with E-state index in [1.165, 1.54) is 0 Å². The van der Waals surface area contributed by atoms with Crippen LogP contribution in [-0.2, 0) is 5.60 Å². The maximum atomic E-state index is 12.9. The minimum absolute atomic E-state index is 0.162. The van der Waals surface area contributed by atoms with Crippen LogP contribution in [0.2, 0.25) is 0 Å². The molecule has 0 fully saturated rings. The zero-order valence-electron chi connectivity index (χ0n) is 9.03. The smallest absolute Gasteiger partial charge is 0.134 e. The van der Waals surface area contributed by atoms with E-state index in [0.29, 0.717) is 11.1 Å². The predicted molar refractivity (Wildman–Crippen MR) is 60.0 cm³/mol. The first-order valence-corrected chi connectivity index (χ1v) is 5.10. The lowest BCUT2D eigenvalue weighted by molar-refractivity contribution is 0.0134. The number of hydrogen-bond donors (Lipinski definition) is 2. The molecule has 86 valence electrons. The number of alkyl halides is 1. The van der Waals surface area contributed by atoms with Gasteiger partial charge >= 0.3 is 0 Å². The van der Waals surface area contributed by atoms with Crippen molar-refractivity contribution >= 4 is 11.0 Å². The Balaban J connectivity index is 2.44. The average Bonchev–Trinajstić information content (AvgIpc) is 2.76. The van der Waals surface area contributed by atoms with E-state index in [1.807, 2.05) is 12.1 Å². The van der Waals surface area contributed by atoms with Crippen LogP contribution in [0.15, 0.2) is 34.9 Å². The second-order valence-electron chi connectivity index (χ2n) is 3.87. The van der Waals surface area contributed by atoms with Crippen molar-refractivity contribution in [2.45, 2.75) is 5.60 Å². The molecule has 2 aromatic rings. The van der Waals surface area contributed by atoms with E-state index in [-0.39, 0.29) is 6.54 Å². The number of fused-ring (bicyclic) bond motifs is 1. The summed E-state index contributed by atoms with van der Waals surface area (Å²) in [6.07, 6.45) is 1.57. The van der Waals surface area contributed by atoms with E-state index in [2.05, 4.69) is 5.32 Å². The third-order valence-electron chi connectivity index (χ3n) is 2.68. The van der Waals surface area contributed by atoms with Crippen molar-refractivity contribution in [1.82, 2.24) is 5.32 Å². The molecule has 16 heavy (non-hydrogen) atoms. The van der Waals surface area contributed by atoms with Crippen LogP contribution in [0, 0.1) is 0 Å². The van der Waals surface area contributed by atoms with Gasteiger partial charge in [-0.1, -0.05) is 12.1 Å². The maximum absolute atomic E-state index is 12.9. The second-order valence-corrected chi connectivity index (χ2v) is 3.87. The molecule has 1 aromatic carbocycles. The average molecular weight is 223 g/mol. The molecule has 0 aliphatic carbocycles. The zero-order valence-corrected chi connectivity index (χ0v) is 9.03. The lowest BCUT2D eigenvalue weighted by Crippen LogP contribution is -2.38. The lowest BCUT2D eigenvalue weighted by Gasteiger charge is -2.24. The highest BCUT2D eigenvalue weighted by Gasteiger charge is 2.29. The summed E-state index contributed by atoms with van der Waals surface area (Å²) in [4.78, 5) is 0. The molecule has 0 saturated carbocycles. The van der Waals surface area contributed by atoms with Gasteiger partial charge in [-0.25, -0.2) is 4.39 Å². The summed E-state index contributed by atoms with van der Waals surface area (Å²) in [5.74, 6) is 0. The largest absolute Gasteiger partial charge is 0.464 e. The summed E-state index contributed by atoms with van der Waals surface area (Å²) >= 11 is 0. The number of benzene rings is 1. The molecule has 0 aliphatic rings. The highest BCUT2D eigenvalue weighted by Crippen LogP contribution is 2.25. The van der Waals surface area contributed by atoms with Crippen molar-refractivity contribution in [2.24, 2.45) is 0 Å². The molecule has 0 aliphatic heterocycles. The van der Waals surface area contributed by atoms with Crippen molar-refractivity contribution in [2.75, 3.05) is 20.3 Å². The minimum atomic E-state index is -1.49. The fourth-order valence-corrected chi connectivity index (χ4v) is 1.76. The van der Waals surface area contributed by atoms with E-state index >= 15 is 0 Å². The quantitative estimate of drug-likeness (QED) is 0.831. The van der Waals surface area contributed by atoms with Gasteiger partial charge < -0.3 is 14.8 Å². The summed E-state index contributed by atoms with van der Waals surface area (Å²) in [5, 5.41) is 13.8. The number of rotatable bonds is 4. The molecule has 0 bridgehead atoms. The van der Waals surface area contributed by atoms with Crippen molar-refractivity contribution < 1.29 is 13.9 Å². The fraction of sp³-hybridized carbons (Fsp3) is 0.333. The number of hydrogen-bond acceptors (Lipinski definition) is 3. The van der Waals surface area contributed by atoms with Gasteiger partial charge in [0.05, 0.1) is 6.26 Å². The van der Waals surface area contributed by atoms with Crippen LogP contribution < -0.4 is 5.32 Å². The molecule has 0 radical (unpaired) electrons. The van der Waals surface area contributed by atoms with Crippen LogP contribution in [-0.4, -0.2) is 25.4 Å². The van der Waals surface area contributed by atoms with Gasteiger partial charge in [-0.3, -0.25) is 0 Å². The van der Waals surface area contributed by atoms with E-state index in [4.69, 9.17) is 4.42 Å². The van der Waals surface area contributed by atoms with Gasteiger partial charge in [0.15, 0.2) is 0 Å². The standard InChI is InChI=1S/C12H14FNO2/c1-14-8-12(15,7-13)10-3-2-9-4-5-16-11(9)6-10/h2-6,14-15H,7-8H2,1H3. The molecule has 2 rings (SSSR count). The van der Waals surface area contributed by atoms with Gasteiger partial charge in [0.2, 0.25) is 0 Å². The third-order valence-corrected chi connectivity index (χ3v) is 2.68. The zero-order chi connectivity index (χ0) is 11.6. The summed E-state index contributed by atoms with van der Waals surface area (Å²) in [6.45, 7) is -0.671. The summed E-state index contributed by atoms with van der Waals surface area (Å²) in [5.41, 5.74) is -0.317. The van der Waals surface area contributed by atoms with Crippen LogP contribution in [0.4, 0.5) is 4.39 Å². The van der Waals surface area contributed by atoms with E-state index in [0.717, 1.165) is 5.39 Å². The normalized spacial score (nSPS) is 15.2. The number of aliphatic hydroxyl groups is 1. The molecule has 2 N–H and O–H groups in total. The molecule has 0 saturated heterocycles. The Morgan fingerprint density at radius 1 is 1.44 bits per heavy atom. The van der Waals surface area contributed by atoms with Crippen molar-refractivity contribution in [3.63, 3.8) is 0 Å². The first kappa shape index (κ1) is 11.1. The second kappa shape index (κ2) is 4.23. The molecule has 1 aromatic heterocycles. The lowest BCUT2D eigenvalue weighted by atomic mass is 9.94. The maximum Gasteiger partial charge on any atom is 0.134 e. The van der Waals surface area contributed by atoms with Gasteiger partial charge in [-0.05, 0) is 24.7 Å². The van der Waals surface area contributed by atoms with Crippen molar-refractivity contribution in [1.29, 1.82) is 0 Å². The van der Waals surface area contributed by atoms with Crippen LogP contribution in [0.3, 0.4) is 0 Å². The highest BCUT2D eigenvalue weighted by atomic mass is 19.1. The first-order valence-electron chi connectivity index (χ1n) is 5.10. The van der Waals surface area contributed by atoms with Crippen molar-refractivity contribution in [3.05, 3.63) is 36.1 Å². The molecular weight excluding hydrogens is 209 g/mol. The Bertz CT molecular complexity index is 483. The van der Waals surface area contributed by atoms with Crippen LogP contribution in [0.1, 0.15) is 5.56 Å². The third kappa shape index (κ3) is 1.81. The van der Waals surface area contributed by atoms with Crippen LogP contribution in [0.5, 0.6) is 0 Å². The fourth-order valence-electron chi connectivity index (χ4n) is 1.76. The monoisotopic (exact) mass is 223 g/mol. The Morgan fingerprint density at radius 3 is 2.94 bits per heavy atom. The Kier molecular flexibility index (Phi) is 2.94. The van der Waals surface area contributed by atoms with Gasteiger partial charge in [0.25, 0.3) is 0 Å². The van der Waals surface area contributed by atoms with E-state index < -0.39 is 12.3 Å². The van der Waals surface area contributed by atoms with Gasteiger partial charge in [0, 0.05) is 11.9 Å². The van der Waals surface area contributed by atoms with E-state index in [9.17, 15) is 9.50 Å². The topological polar surface area (TPSA) is 45.4 Å². The molecule has 0 amide bonds. The summed E-state index contributed by atoms with van der Waals surface area (Å²) in [7, 11) is 1.67. The number of likely N-dealkylation sites (N-methyl/N-ethyl adjacent to an activating group) is 1. The van der Waals surface area contributed by atoms with Crippen molar-refractivity contribution in [3.8, 4) is 0 Å². The van der Waals surface area contributed by atoms with Crippen LogP contribution in [0.25, 0.3) is 11.0 Å². The molecule has 3 nitrogen and oxygen atoms in total. The van der Waals surface area contributed by atoms with Gasteiger partial charge in [-0.2, -0.15) is 0 Å². The Hall–Kier alpha value is -1.39. The first-order chi connectivity index (χ1) is 7.69.